The quantitative estimate of drug-likeness (QED) is 0.511. The lowest BCUT2D eigenvalue weighted by molar-refractivity contribution is -0.111. The Morgan fingerprint density at radius 2 is 1.91 bits per heavy atom. The lowest BCUT2D eigenvalue weighted by Crippen LogP contribution is -2.70. The molecule has 2 N–H and O–H groups in total. The number of carboxylic acid groups (broad SMARTS) is 1. The van der Waals surface area contributed by atoms with Crippen molar-refractivity contribution >= 4 is 28.5 Å². The molecule has 6 nitrogen and oxygen atoms in total. The van der Waals surface area contributed by atoms with Crippen LogP contribution in [0.25, 0.3) is 11.0 Å². The standard InChI is InChI=1S/C27H29FN2O4/c1-15-11-19(17(3)29-21-8-6-5-7-18(21)25(32)33)23-20(12-15)22(31)16(2)24(34-23)30-13-27(14-30)10-9-26(27,4)28/h5-8,11-12,17,29H,9-10,13-14H2,1-4H3,(H,32,33)/t17-,26?/m1/s1. The van der Waals surface area contributed by atoms with Gasteiger partial charge in [0, 0.05) is 29.8 Å². The van der Waals surface area contributed by atoms with Gasteiger partial charge in [-0.1, -0.05) is 18.2 Å². The molecule has 0 radical (unpaired) electrons. The zero-order chi connectivity index (χ0) is 24.4. The number of fused-ring (bicyclic) bond motifs is 1. The van der Waals surface area contributed by atoms with Crippen LogP contribution in [0.3, 0.4) is 0 Å². The van der Waals surface area contributed by atoms with E-state index in [2.05, 4.69) is 5.32 Å². The average molecular weight is 465 g/mol. The summed E-state index contributed by atoms with van der Waals surface area (Å²) in [5, 5.41) is 13.3. The summed E-state index contributed by atoms with van der Waals surface area (Å²) in [5.41, 5.74) is 1.71. The molecule has 1 unspecified atom stereocenters. The summed E-state index contributed by atoms with van der Waals surface area (Å²) in [5.74, 6) is -0.523. The van der Waals surface area contributed by atoms with Gasteiger partial charge in [0.25, 0.3) is 0 Å². The van der Waals surface area contributed by atoms with Gasteiger partial charge in [0.1, 0.15) is 11.3 Å². The summed E-state index contributed by atoms with van der Waals surface area (Å²) in [6.45, 7) is 8.33. The molecule has 34 heavy (non-hydrogen) atoms. The first-order chi connectivity index (χ1) is 16.0. The smallest absolute Gasteiger partial charge is 0.337 e. The third-order valence-corrected chi connectivity index (χ3v) is 7.82. The van der Waals surface area contributed by atoms with Crippen LogP contribution >= 0.6 is 0 Å². The molecule has 1 saturated carbocycles. The van der Waals surface area contributed by atoms with Crippen LogP contribution in [-0.4, -0.2) is 29.8 Å². The average Bonchev–Trinajstić information content (AvgIpc) is 2.75. The minimum absolute atomic E-state index is 0.100. The molecule has 1 aliphatic heterocycles. The number of carboxylic acids is 1. The number of anilines is 2. The number of nitrogens with one attached hydrogen (secondary N) is 1. The zero-order valence-electron chi connectivity index (χ0n) is 19.9. The van der Waals surface area contributed by atoms with E-state index in [0.717, 1.165) is 17.5 Å². The van der Waals surface area contributed by atoms with Gasteiger partial charge in [-0.2, -0.15) is 0 Å². The van der Waals surface area contributed by atoms with Crippen molar-refractivity contribution in [1.82, 2.24) is 0 Å². The monoisotopic (exact) mass is 464 g/mol. The molecule has 2 heterocycles. The van der Waals surface area contributed by atoms with Crippen LogP contribution in [0.2, 0.25) is 0 Å². The van der Waals surface area contributed by atoms with E-state index in [1.807, 2.05) is 30.9 Å². The van der Waals surface area contributed by atoms with E-state index in [0.29, 0.717) is 47.6 Å². The molecule has 7 heteroatoms. The lowest BCUT2D eigenvalue weighted by atomic mass is 9.54. The first-order valence-corrected chi connectivity index (χ1v) is 11.6. The van der Waals surface area contributed by atoms with E-state index < -0.39 is 11.6 Å². The number of halogens is 1. The van der Waals surface area contributed by atoms with Crippen molar-refractivity contribution in [3.63, 3.8) is 0 Å². The highest BCUT2D eigenvalue weighted by atomic mass is 19.1. The summed E-state index contributed by atoms with van der Waals surface area (Å²) in [6, 6.07) is 10.2. The van der Waals surface area contributed by atoms with Crippen LogP contribution in [0.5, 0.6) is 0 Å². The van der Waals surface area contributed by atoms with Crippen LogP contribution in [-0.2, 0) is 0 Å². The number of hydrogen-bond donors (Lipinski definition) is 2. The van der Waals surface area contributed by atoms with E-state index in [4.69, 9.17) is 4.42 Å². The number of rotatable bonds is 5. The Bertz CT molecular complexity index is 1370. The second-order valence-corrected chi connectivity index (χ2v) is 10.1. The van der Waals surface area contributed by atoms with Crippen LogP contribution in [0, 0.1) is 19.3 Å². The molecule has 1 spiro atoms. The van der Waals surface area contributed by atoms with Crippen LogP contribution in [0.15, 0.2) is 45.6 Å². The Morgan fingerprint density at radius 3 is 2.53 bits per heavy atom. The summed E-state index contributed by atoms with van der Waals surface area (Å²) in [7, 11) is 0. The number of aryl methyl sites for hydroxylation is 1. The molecule has 5 rings (SSSR count). The largest absolute Gasteiger partial charge is 0.478 e. The summed E-state index contributed by atoms with van der Waals surface area (Å²) >= 11 is 0. The second kappa shape index (κ2) is 7.58. The van der Waals surface area contributed by atoms with Gasteiger partial charge in [-0.05, 0) is 64.3 Å². The summed E-state index contributed by atoms with van der Waals surface area (Å²) in [4.78, 5) is 26.9. The van der Waals surface area contributed by atoms with Gasteiger partial charge in [0.05, 0.1) is 22.6 Å². The number of nitrogens with zero attached hydrogens (tertiary/aromatic N) is 1. The third kappa shape index (κ3) is 3.29. The fourth-order valence-corrected chi connectivity index (χ4v) is 5.42. The molecular formula is C27H29FN2O4. The molecule has 2 aliphatic rings. The van der Waals surface area contributed by atoms with Crippen molar-refractivity contribution in [2.24, 2.45) is 5.41 Å². The Labute approximate surface area is 197 Å². The predicted octanol–water partition coefficient (Wildman–Crippen LogP) is 5.61. The first kappa shape index (κ1) is 22.4. The van der Waals surface area contributed by atoms with E-state index in [9.17, 15) is 19.1 Å². The Hall–Kier alpha value is -3.35. The third-order valence-electron chi connectivity index (χ3n) is 7.82. The molecule has 2 atom stereocenters. The van der Waals surface area contributed by atoms with Crippen LogP contribution in [0.1, 0.15) is 59.8 Å². The van der Waals surface area contributed by atoms with Gasteiger partial charge in [-0.3, -0.25) is 4.79 Å². The van der Waals surface area contributed by atoms with E-state index >= 15 is 0 Å². The van der Waals surface area contributed by atoms with E-state index in [1.54, 1.807) is 38.1 Å². The minimum Gasteiger partial charge on any atom is -0.478 e. The van der Waals surface area contributed by atoms with Crippen molar-refractivity contribution in [2.45, 2.75) is 52.2 Å². The number of aromatic carboxylic acids is 1. The van der Waals surface area contributed by atoms with Gasteiger partial charge in [0.2, 0.25) is 5.88 Å². The van der Waals surface area contributed by atoms with E-state index in [1.165, 1.54) is 0 Å². The molecule has 1 aromatic heterocycles. The highest BCUT2D eigenvalue weighted by Gasteiger charge is 2.63. The molecule has 1 aliphatic carbocycles. The van der Waals surface area contributed by atoms with Gasteiger partial charge in [0.15, 0.2) is 5.43 Å². The first-order valence-electron chi connectivity index (χ1n) is 11.6. The van der Waals surface area contributed by atoms with Crippen LogP contribution in [0.4, 0.5) is 16.0 Å². The molecule has 1 saturated heterocycles. The number of alkyl halides is 1. The topological polar surface area (TPSA) is 82.8 Å². The molecule has 2 aromatic carbocycles. The molecule has 0 bridgehead atoms. The van der Waals surface area contributed by atoms with Gasteiger partial charge in [-0.25, -0.2) is 9.18 Å². The Morgan fingerprint density at radius 1 is 1.21 bits per heavy atom. The number of benzene rings is 2. The fourth-order valence-electron chi connectivity index (χ4n) is 5.42. The summed E-state index contributed by atoms with van der Waals surface area (Å²) < 4.78 is 21.1. The van der Waals surface area contributed by atoms with Crippen molar-refractivity contribution in [3.05, 3.63) is 68.9 Å². The predicted molar refractivity (Wildman–Crippen MR) is 131 cm³/mol. The van der Waals surface area contributed by atoms with Crippen LogP contribution < -0.4 is 15.6 Å². The minimum atomic E-state index is -1.17. The summed E-state index contributed by atoms with van der Waals surface area (Å²) in [6.07, 6.45) is 1.42. The Kier molecular flexibility index (Phi) is 5.01. The normalized spacial score (nSPS) is 21.7. The maximum absolute atomic E-state index is 14.8. The molecular weight excluding hydrogens is 435 g/mol. The fraction of sp³-hybridized carbons (Fsp3) is 0.407. The van der Waals surface area contributed by atoms with Gasteiger partial charge < -0.3 is 19.7 Å². The SMILES string of the molecule is Cc1cc([C@@H](C)Nc2ccccc2C(=O)O)c2oc(N3CC4(CCC4(C)F)C3)c(C)c(=O)c2c1. The molecule has 178 valence electrons. The highest BCUT2D eigenvalue weighted by Crippen LogP contribution is 2.58. The van der Waals surface area contributed by atoms with Crippen molar-refractivity contribution in [1.29, 1.82) is 0 Å². The maximum atomic E-state index is 14.8. The lowest BCUT2D eigenvalue weighted by Gasteiger charge is -2.62. The molecule has 0 amide bonds. The van der Waals surface area contributed by atoms with Crippen molar-refractivity contribution < 1.29 is 18.7 Å². The van der Waals surface area contributed by atoms with Crippen molar-refractivity contribution in [3.8, 4) is 0 Å². The number of para-hydroxylation sites is 1. The second-order valence-electron chi connectivity index (χ2n) is 10.1. The highest BCUT2D eigenvalue weighted by molar-refractivity contribution is 5.94. The molecule has 2 fully saturated rings. The van der Waals surface area contributed by atoms with Gasteiger partial charge in [-0.15, -0.1) is 0 Å². The number of carbonyl (C=O) groups is 1. The van der Waals surface area contributed by atoms with Gasteiger partial charge >= 0.3 is 5.97 Å². The Balaban J connectivity index is 1.55. The molecule has 3 aromatic rings. The van der Waals surface area contributed by atoms with Crippen molar-refractivity contribution in [2.75, 3.05) is 23.3 Å². The number of hydrogen-bond acceptors (Lipinski definition) is 5. The zero-order valence-corrected chi connectivity index (χ0v) is 19.9. The van der Waals surface area contributed by atoms with E-state index in [-0.39, 0.29) is 22.4 Å². The maximum Gasteiger partial charge on any atom is 0.337 e.